The zero-order valence-corrected chi connectivity index (χ0v) is 18.4. The molecule has 166 valence electrons. The molecular weight excluding hydrogens is 406 g/mol. The minimum atomic E-state index is -1.14. The molecule has 0 saturated carbocycles. The first kappa shape index (κ1) is 21.6. The summed E-state index contributed by atoms with van der Waals surface area (Å²) < 4.78 is 7.39. The number of aliphatic carboxylic acids is 1. The number of carbonyl (C=O) groups is 2. The number of hydrogen-bond acceptors (Lipinski definition) is 4. The van der Waals surface area contributed by atoms with Gasteiger partial charge in [0.15, 0.2) is 0 Å². The van der Waals surface area contributed by atoms with E-state index in [1.54, 1.807) is 12.5 Å². The van der Waals surface area contributed by atoms with E-state index in [0.29, 0.717) is 5.69 Å². The third-order valence-corrected chi connectivity index (χ3v) is 5.76. The number of carboxylic acids is 1. The van der Waals surface area contributed by atoms with E-state index >= 15 is 0 Å². The molecule has 4 rings (SSSR count). The highest BCUT2D eigenvalue weighted by Gasteiger charge is 2.30. The summed E-state index contributed by atoms with van der Waals surface area (Å²) in [5, 5.41) is 12.1. The van der Waals surface area contributed by atoms with Gasteiger partial charge in [-0.25, -0.2) is 14.6 Å². The van der Waals surface area contributed by atoms with Crippen molar-refractivity contribution in [3.63, 3.8) is 0 Å². The molecule has 32 heavy (non-hydrogen) atoms. The van der Waals surface area contributed by atoms with Gasteiger partial charge in [0, 0.05) is 24.1 Å². The van der Waals surface area contributed by atoms with Gasteiger partial charge in [0.05, 0.1) is 12.0 Å². The second kappa shape index (κ2) is 8.49. The van der Waals surface area contributed by atoms with Gasteiger partial charge >= 0.3 is 12.1 Å². The molecule has 0 saturated heterocycles. The van der Waals surface area contributed by atoms with Crippen molar-refractivity contribution in [2.45, 2.75) is 44.7 Å². The van der Waals surface area contributed by atoms with Gasteiger partial charge in [-0.3, -0.25) is 0 Å². The monoisotopic (exact) mass is 433 g/mol. The third-order valence-electron chi connectivity index (χ3n) is 5.76. The van der Waals surface area contributed by atoms with Crippen LogP contribution in [0.25, 0.3) is 11.1 Å². The lowest BCUT2D eigenvalue weighted by atomic mass is 9.98. The molecule has 2 aromatic carbocycles. The zero-order chi connectivity index (χ0) is 22.9. The third kappa shape index (κ3) is 4.37. The van der Waals surface area contributed by atoms with Crippen LogP contribution in [0, 0.1) is 0 Å². The van der Waals surface area contributed by atoms with Gasteiger partial charge in [-0.05, 0) is 43.0 Å². The Bertz CT molecular complexity index is 1100. The SMILES string of the molecule is CC(C)(C)n1cnc(C[C@H](NC(=O)OCC2c3ccccc3-c3ccccc32)C(=O)O)c1. The molecule has 0 spiro atoms. The van der Waals surface area contributed by atoms with E-state index in [9.17, 15) is 14.7 Å². The minimum Gasteiger partial charge on any atom is -0.480 e. The Morgan fingerprint density at radius 2 is 1.69 bits per heavy atom. The Labute approximate surface area is 187 Å². The quantitative estimate of drug-likeness (QED) is 0.609. The number of amides is 1. The molecular formula is C25H27N3O4. The molecule has 1 heterocycles. The normalized spacial score (nSPS) is 13.8. The molecule has 1 aliphatic carbocycles. The molecule has 0 bridgehead atoms. The number of fused-ring (bicyclic) bond motifs is 3. The van der Waals surface area contributed by atoms with E-state index in [2.05, 4.69) is 22.4 Å². The number of benzene rings is 2. The molecule has 1 amide bonds. The maximum atomic E-state index is 12.5. The van der Waals surface area contributed by atoms with Gasteiger partial charge in [0.1, 0.15) is 12.6 Å². The zero-order valence-electron chi connectivity index (χ0n) is 18.4. The fraction of sp³-hybridized carbons (Fsp3) is 0.320. The average molecular weight is 434 g/mol. The molecule has 0 fully saturated rings. The summed E-state index contributed by atoms with van der Waals surface area (Å²) in [5.74, 6) is -1.22. The Kier molecular flexibility index (Phi) is 5.74. The number of alkyl carbamates (subject to hydrolysis) is 1. The number of hydrogen-bond donors (Lipinski definition) is 2. The summed E-state index contributed by atoms with van der Waals surface area (Å²) >= 11 is 0. The van der Waals surface area contributed by atoms with Crippen LogP contribution >= 0.6 is 0 Å². The summed E-state index contributed by atoms with van der Waals surface area (Å²) in [4.78, 5) is 28.5. The second-order valence-corrected chi connectivity index (χ2v) is 9.01. The lowest BCUT2D eigenvalue weighted by Crippen LogP contribution is -2.43. The first-order chi connectivity index (χ1) is 15.2. The highest BCUT2D eigenvalue weighted by Crippen LogP contribution is 2.44. The van der Waals surface area contributed by atoms with E-state index < -0.39 is 18.1 Å². The van der Waals surface area contributed by atoms with Gasteiger partial charge < -0.3 is 19.7 Å². The van der Waals surface area contributed by atoms with Crippen LogP contribution in [0.3, 0.4) is 0 Å². The Morgan fingerprint density at radius 3 is 2.22 bits per heavy atom. The van der Waals surface area contributed by atoms with Crippen LogP contribution in [0.4, 0.5) is 4.79 Å². The van der Waals surface area contributed by atoms with Crippen molar-refractivity contribution >= 4 is 12.1 Å². The van der Waals surface area contributed by atoms with E-state index in [4.69, 9.17) is 4.74 Å². The lowest BCUT2D eigenvalue weighted by molar-refractivity contribution is -0.139. The highest BCUT2D eigenvalue weighted by atomic mass is 16.5. The summed E-state index contributed by atoms with van der Waals surface area (Å²) in [7, 11) is 0. The molecule has 0 unspecified atom stereocenters. The van der Waals surface area contributed by atoms with Crippen molar-refractivity contribution in [3.05, 3.63) is 77.9 Å². The van der Waals surface area contributed by atoms with Gasteiger partial charge in [-0.15, -0.1) is 0 Å². The molecule has 1 atom stereocenters. The van der Waals surface area contributed by atoms with Crippen LogP contribution in [0.5, 0.6) is 0 Å². The van der Waals surface area contributed by atoms with Crippen molar-refractivity contribution in [2.24, 2.45) is 0 Å². The number of nitrogens with zero attached hydrogens (tertiary/aromatic N) is 2. The first-order valence-electron chi connectivity index (χ1n) is 10.6. The Morgan fingerprint density at radius 1 is 1.09 bits per heavy atom. The van der Waals surface area contributed by atoms with Crippen molar-refractivity contribution in [1.29, 1.82) is 0 Å². The van der Waals surface area contributed by atoms with Crippen LogP contribution in [-0.4, -0.2) is 39.4 Å². The second-order valence-electron chi connectivity index (χ2n) is 9.01. The summed E-state index contributed by atoms with van der Waals surface area (Å²) in [5.41, 5.74) is 4.90. The molecule has 3 aromatic rings. The predicted molar refractivity (Wildman–Crippen MR) is 121 cm³/mol. The maximum Gasteiger partial charge on any atom is 0.407 e. The summed E-state index contributed by atoms with van der Waals surface area (Å²) in [6, 6.07) is 15.0. The van der Waals surface area contributed by atoms with Crippen LogP contribution in [0.1, 0.15) is 43.5 Å². The smallest absolute Gasteiger partial charge is 0.407 e. The number of carbonyl (C=O) groups excluding carboxylic acids is 1. The molecule has 7 heteroatoms. The van der Waals surface area contributed by atoms with Crippen molar-refractivity contribution in [2.75, 3.05) is 6.61 Å². The van der Waals surface area contributed by atoms with Crippen molar-refractivity contribution in [1.82, 2.24) is 14.9 Å². The number of ether oxygens (including phenoxy) is 1. The number of carboxylic acid groups (broad SMARTS) is 1. The maximum absolute atomic E-state index is 12.5. The molecule has 2 N–H and O–H groups in total. The van der Waals surface area contributed by atoms with Crippen LogP contribution < -0.4 is 5.32 Å². The van der Waals surface area contributed by atoms with Crippen molar-refractivity contribution in [3.8, 4) is 11.1 Å². The summed E-state index contributed by atoms with van der Waals surface area (Å²) in [6.07, 6.45) is 2.79. The number of aromatic nitrogens is 2. The van der Waals surface area contributed by atoms with Gasteiger partial charge in [0.25, 0.3) is 0 Å². The first-order valence-corrected chi connectivity index (χ1v) is 10.6. The van der Waals surface area contributed by atoms with E-state index in [1.807, 2.05) is 61.7 Å². The van der Waals surface area contributed by atoms with Gasteiger partial charge in [-0.1, -0.05) is 48.5 Å². The molecule has 1 aromatic heterocycles. The fourth-order valence-corrected chi connectivity index (χ4v) is 4.03. The van der Waals surface area contributed by atoms with E-state index in [1.165, 1.54) is 0 Å². The predicted octanol–water partition coefficient (Wildman–Crippen LogP) is 4.17. The van der Waals surface area contributed by atoms with Crippen LogP contribution in [0.15, 0.2) is 61.1 Å². The molecule has 0 radical (unpaired) electrons. The van der Waals surface area contributed by atoms with E-state index in [0.717, 1.165) is 22.3 Å². The van der Waals surface area contributed by atoms with Gasteiger partial charge in [-0.2, -0.15) is 0 Å². The number of nitrogens with one attached hydrogen (secondary N) is 1. The summed E-state index contributed by atoms with van der Waals surface area (Å²) in [6.45, 7) is 6.22. The van der Waals surface area contributed by atoms with Crippen LogP contribution in [-0.2, 0) is 21.5 Å². The fourth-order valence-electron chi connectivity index (χ4n) is 4.03. The van der Waals surface area contributed by atoms with Gasteiger partial charge in [0.2, 0.25) is 0 Å². The van der Waals surface area contributed by atoms with Crippen molar-refractivity contribution < 1.29 is 19.4 Å². The van der Waals surface area contributed by atoms with E-state index in [-0.39, 0.29) is 24.5 Å². The Balaban J connectivity index is 1.41. The highest BCUT2D eigenvalue weighted by molar-refractivity contribution is 5.81. The Hall–Kier alpha value is -3.61. The minimum absolute atomic E-state index is 0.0720. The van der Waals surface area contributed by atoms with Crippen LogP contribution in [0.2, 0.25) is 0 Å². The molecule has 1 aliphatic rings. The number of rotatable bonds is 6. The molecule has 7 nitrogen and oxygen atoms in total. The standard InChI is InChI=1S/C25H27N3O4/c1-25(2,3)28-13-16(26-15-28)12-22(23(29)30)27-24(31)32-14-21-19-10-6-4-8-17(19)18-9-5-7-11-20(18)21/h4-11,13,15,21-22H,12,14H2,1-3H3,(H,27,31)(H,29,30)/t22-/m0/s1. The average Bonchev–Trinajstić information content (AvgIpc) is 3.35. The lowest BCUT2D eigenvalue weighted by Gasteiger charge is -2.20. The molecule has 0 aliphatic heterocycles. The number of imidazole rings is 1. The largest absolute Gasteiger partial charge is 0.480 e. The topological polar surface area (TPSA) is 93.5 Å².